The molecule has 2 aromatic carbocycles. The van der Waals surface area contributed by atoms with Gasteiger partial charge in [-0.1, -0.05) is 36.4 Å². The SMILES string of the molecule is CCNC(=O)NC1CCC(CN=C2NS(=O)(=O)c3cccc(OC)c32)(c2ccccc2)CC1. The second-order valence-electron chi connectivity index (χ2n) is 8.53. The standard InChI is InChI=1S/C24H30N4O4S/c1-3-25-23(29)27-18-12-14-24(15-13-18,17-8-5-4-6-9-17)16-26-22-21-19(32-2)10-7-11-20(21)33(30,31)28-22/h4-11,18H,3,12-16H2,1-2H3,(H,26,28)(H2,25,27,29). The first-order valence-electron chi connectivity index (χ1n) is 11.2. The predicted octanol–water partition coefficient (Wildman–Crippen LogP) is 2.93. The number of nitrogens with zero attached hydrogens (tertiary/aromatic N) is 1. The number of hydrogen-bond donors (Lipinski definition) is 3. The number of methoxy groups -OCH3 is 1. The molecule has 8 nitrogen and oxygen atoms in total. The zero-order valence-corrected chi connectivity index (χ0v) is 19.7. The van der Waals surface area contributed by atoms with Gasteiger partial charge in [0, 0.05) is 18.0 Å². The van der Waals surface area contributed by atoms with Gasteiger partial charge in [0.15, 0.2) is 0 Å². The molecule has 0 atom stereocenters. The van der Waals surface area contributed by atoms with Crippen molar-refractivity contribution < 1.29 is 17.9 Å². The molecule has 1 saturated carbocycles. The fourth-order valence-corrected chi connectivity index (χ4v) is 6.01. The van der Waals surface area contributed by atoms with Gasteiger partial charge in [0.2, 0.25) is 0 Å². The Morgan fingerprint density at radius 2 is 1.88 bits per heavy atom. The Hall–Kier alpha value is -3.07. The zero-order chi connectivity index (χ0) is 23.5. The van der Waals surface area contributed by atoms with Crippen LogP contribution >= 0.6 is 0 Å². The van der Waals surface area contributed by atoms with Gasteiger partial charge in [-0.25, -0.2) is 13.2 Å². The Balaban J connectivity index is 1.62. The van der Waals surface area contributed by atoms with E-state index in [1.165, 1.54) is 12.7 Å². The number of rotatable bonds is 6. The van der Waals surface area contributed by atoms with Crippen LogP contribution in [0.3, 0.4) is 0 Å². The molecule has 0 radical (unpaired) electrons. The molecule has 0 bridgehead atoms. The Morgan fingerprint density at radius 1 is 1.15 bits per heavy atom. The first-order valence-corrected chi connectivity index (χ1v) is 12.7. The van der Waals surface area contributed by atoms with Crippen molar-refractivity contribution in [2.75, 3.05) is 20.2 Å². The van der Waals surface area contributed by atoms with E-state index in [4.69, 9.17) is 9.73 Å². The van der Waals surface area contributed by atoms with E-state index < -0.39 is 10.0 Å². The summed E-state index contributed by atoms with van der Waals surface area (Å²) >= 11 is 0. The maximum Gasteiger partial charge on any atom is 0.314 e. The quantitative estimate of drug-likeness (QED) is 0.603. The number of sulfonamides is 1. The highest BCUT2D eigenvalue weighted by atomic mass is 32.2. The Morgan fingerprint density at radius 3 is 2.55 bits per heavy atom. The summed E-state index contributed by atoms with van der Waals surface area (Å²) in [5.74, 6) is 0.795. The van der Waals surface area contributed by atoms with Gasteiger partial charge in [0.1, 0.15) is 16.5 Å². The number of urea groups is 1. The van der Waals surface area contributed by atoms with E-state index in [0.717, 1.165) is 25.7 Å². The average Bonchev–Trinajstić information content (AvgIpc) is 3.10. The molecule has 0 aromatic heterocycles. The van der Waals surface area contributed by atoms with Crippen LogP contribution < -0.4 is 20.1 Å². The molecule has 9 heteroatoms. The minimum absolute atomic E-state index is 0.104. The van der Waals surface area contributed by atoms with Crippen molar-refractivity contribution in [2.45, 2.75) is 49.0 Å². The molecule has 1 fully saturated rings. The lowest BCUT2D eigenvalue weighted by Gasteiger charge is -2.40. The summed E-state index contributed by atoms with van der Waals surface area (Å²) in [5.41, 5.74) is 1.41. The van der Waals surface area contributed by atoms with Gasteiger partial charge in [0.25, 0.3) is 10.0 Å². The minimum atomic E-state index is -3.67. The van der Waals surface area contributed by atoms with E-state index in [-0.39, 0.29) is 22.4 Å². The number of fused-ring (bicyclic) bond motifs is 1. The number of hydrogen-bond acceptors (Lipinski definition) is 5. The number of amides is 2. The number of carbonyl (C=O) groups excluding carboxylic acids is 1. The molecule has 2 aromatic rings. The maximum absolute atomic E-state index is 12.6. The molecule has 1 aliphatic carbocycles. The van der Waals surface area contributed by atoms with Crippen LogP contribution in [0.5, 0.6) is 5.75 Å². The van der Waals surface area contributed by atoms with Crippen molar-refractivity contribution in [2.24, 2.45) is 4.99 Å². The van der Waals surface area contributed by atoms with Gasteiger partial charge >= 0.3 is 6.03 Å². The fraction of sp³-hybridized carbons (Fsp3) is 0.417. The Kier molecular flexibility index (Phi) is 6.60. The van der Waals surface area contributed by atoms with Crippen molar-refractivity contribution in [3.8, 4) is 5.75 Å². The second kappa shape index (κ2) is 9.43. The van der Waals surface area contributed by atoms with E-state index in [0.29, 0.717) is 30.2 Å². The molecule has 176 valence electrons. The second-order valence-corrected chi connectivity index (χ2v) is 10.2. The van der Waals surface area contributed by atoms with Gasteiger partial charge in [-0.3, -0.25) is 9.71 Å². The number of amidine groups is 1. The Bertz CT molecular complexity index is 1140. The molecule has 3 N–H and O–H groups in total. The van der Waals surface area contributed by atoms with Crippen LogP contribution in [-0.4, -0.2) is 46.5 Å². The topological polar surface area (TPSA) is 109 Å². The number of ether oxygens (including phenoxy) is 1. The largest absolute Gasteiger partial charge is 0.496 e. The summed E-state index contributed by atoms with van der Waals surface area (Å²) in [6, 6.07) is 15.1. The number of carbonyl (C=O) groups is 1. The smallest absolute Gasteiger partial charge is 0.314 e. The van der Waals surface area contributed by atoms with Crippen LogP contribution in [0.1, 0.15) is 43.7 Å². The third-order valence-corrected chi connectivity index (χ3v) is 7.89. The third kappa shape index (κ3) is 4.68. The molecule has 2 amide bonds. The lowest BCUT2D eigenvalue weighted by Crippen LogP contribution is -2.47. The monoisotopic (exact) mass is 470 g/mol. The first-order chi connectivity index (χ1) is 15.9. The molecule has 4 rings (SSSR count). The summed E-state index contributed by atoms with van der Waals surface area (Å²) in [6.45, 7) is 2.91. The highest BCUT2D eigenvalue weighted by molar-refractivity contribution is 7.90. The molecule has 1 heterocycles. The number of benzene rings is 2. The van der Waals surface area contributed by atoms with Crippen molar-refractivity contribution in [3.63, 3.8) is 0 Å². The van der Waals surface area contributed by atoms with E-state index in [1.54, 1.807) is 18.2 Å². The number of aliphatic imine (C=N–C) groups is 1. The minimum Gasteiger partial charge on any atom is -0.496 e. The van der Waals surface area contributed by atoms with E-state index in [1.807, 2.05) is 25.1 Å². The maximum atomic E-state index is 12.6. The molecule has 0 spiro atoms. The van der Waals surface area contributed by atoms with Gasteiger partial charge in [-0.05, 0) is 50.3 Å². The summed E-state index contributed by atoms with van der Waals surface area (Å²) in [4.78, 5) is 16.9. The van der Waals surface area contributed by atoms with E-state index in [9.17, 15) is 13.2 Å². The predicted molar refractivity (Wildman–Crippen MR) is 127 cm³/mol. The molecule has 0 saturated heterocycles. The van der Waals surface area contributed by atoms with Gasteiger partial charge in [-0.2, -0.15) is 0 Å². The molecule has 1 aliphatic heterocycles. The van der Waals surface area contributed by atoms with E-state index in [2.05, 4.69) is 27.5 Å². The molecular weight excluding hydrogens is 440 g/mol. The number of nitrogens with one attached hydrogen (secondary N) is 3. The van der Waals surface area contributed by atoms with Crippen LogP contribution in [-0.2, 0) is 15.4 Å². The van der Waals surface area contributed by atoms with Crippen LogP contribution in [0.2, 0.25) is 0 Å². The zero-order valence-electron chi connectivity index (χ0n) is 18.9. The third-order valence-electron chi connectivity index (χ3n) is 6.51. The van der Waals surface area contributed by atoms with Crippen LogP contribution in [0.4, 0.5) is 4.79 Å². The Labute approximate surface area is 194 Å². The van der Waals surface area contributed by atoms with Gasteiger partial charge in [-0.15, -0.1) is 0 Å². The van der Waals surface area contributed by atoms with Crippen molar-refractivity contribution in [1.82, 2.24) is 15.4 Å². The summed E-state index contributed by atoms with van der Waals surface area (Å²) < 4.78 is 33.3. The highest BCUT2D eigenvalue weighted by Gasteiger charge is 2.39. The van der Waals surface area contributed by atoms with Crippen molar-refractivity contribution in [1.29, 1.82) is 0 Å². The molecular formula is C24H30N4O4S. The first kappa shape index (κ1) is 23.1. The lowest BCUT2D eigenvalue weighted by molar-refractivity contribution is 0.220. The van der Waals surface area contributed by atoms with Crippen molar-refractivity contribution >= 4 is 21.9 Å². The summed E-state index contributed by atoms with van der Waals surface area (Å²) in [6.07, 6.45) is 3.30. The fourth-order valence-electron chi connectivity index (χ4n) is 4.75. The summed E-state index contributed by atoms with van der Waals surface area (Å²) in [5, 5.41) is 5.84. The normalized spacial score (nSPS) is 24.5. The van der Waals surface area contributed by atoms with Crippen LogP contribution in [0.15, 0.2) is 58.4 Å². The van der Waals surface area contributed by atoms with E-state index >= 15 is 0 Å². The van der Waals surface area contributed by atoms with Crippen LogP contribution in [0.25, 0.3) is 0 Å². The molecule has 2 aliphatic rings. The van der Waals surface area contributed by atoms with Gasteiger partial charge < -0.3 is 15.4 Å². The summed E-state index contributed by atoms with van der Waals surface area (Å²) in [7, 11) is -2.15. The molecule has 33 heavy (non-hydrogen) atoms. The molecule has 0 unspecified atom stereocenters. The van der Waals surface area contributed by atoms with Crippen molar-refractivity contribution in [3.05, 3.63) is 59.7 Å². The van der Waals surface area contributed by atoms with Gasteiger partial charge in [0.05, 0.1) is 19.2 Å². The average molecular weight is 471 g/mol. The highest BCUT2D eigenvalue weighted by Crippen LogP contribution is 2.40. The lowest BCUT2D eigenvalue weighted by atomic mass is 9.68. The van der Waals surface area contributed by atoms with Crippen LogP contribution in [0, 0.1) is 0 Å².